The van der Waals surface area contributed by atoms with E-state index in [1.54, 1.807) is 12.4 Å². The van der Waals surface area contributed by atoms with E-state index in [9.17, 15) is 0 Å². The Morgan fingerprint density at radius 1 is 0.848 bits per heavy atom. The van der Waals surface area contributed by atoms with E-state index in [1.807, 2.05) is 65.3 Å². The summed E-state index contributed by atoms with van der Waals surface area (Å²) in [5.41, 5.74) is 3.99. The van der Waals surface area contributed by atoms with Crippen LogP contribution in [0.4, 0.5) is 0 Å². The van der Waals surface area contributed by atoms with Gasteiger partial charge in [-0.25, -0.2) is 4.68 Å². The summed E-state index contributed by atoms with van der Waals surface area (Å²) in [6.45, 7) is 1.76. The topological polar surface area (TPSA) is 58.4 Å². The van der Waals surface area contributed by atoms with Crippen molar-refractivity contribution in [2.45, 2.75) is 38.7 Å². The molecule has 2 aromatic carbocycles. The molecule has 0 amide bonds. The number of pyridine rings is 1. The quantitative estimate of drug-likeness (QED) is 0.346. The molecular formula is C27H27N3O3. The number of hydrogen-bond donors (Lipinski definition) is 0. The minimum Gasteiger partial charge on any atom is -0.489 e. The van der Waals surface area contributed by atoms with Crippen LogP contribution in [-0.4, -0.2) is 21.4 Å². The standard InChI is InChI=1S/C27H27N3O3/c1-2-7-21(8-3-1)19-32-23-10-6-9-22(17-23)20-33-24-12-13-25(28-18-24)26-14-15-29-30(26)27-11-4-5-16-31-27/h1-3,6-10,12-15,17-18,27H,4-5,11,16,19-20H2. The van der Waals surface area contributed by atoms with Crippen molar-refractivity contribution in [2.75, 3.05) is 6.61 Å². The SMILES string of the molecule is c1ccc(COc2cccc(COc3ccc(-c4ccnn4C4CCCCO4)nc3)c2)cc1. The van der Waals surface area contributed by atoms with E-state index in [4.69, 9.17) is 14.2 Å². The van der Waals surface area contributed by atoms with Crippen LogP contribution in [0, 0.1) is 0 Å². The zero-order chi connectivity index (χ0) is 22.3. The van der Waals surface area contributed by atoms with Gasteiger partial charge in [0.25, 0.3) is 0 Å². The average Bonchev–Trinajstić information content (AvgIpc) is 3.38. The molecule has 3 heterocycles. The Balaban J connectivity index is 1.19. The van der Waals surface area contributed by atoms with Gasteiger partial charge in [-0.1, -0.05) is 42.5 Å². The van der Waals surface area contributed by atoms with Crippen LogP contribution in [0.5, 0.6) is 11.5 Å². The molecule has 0 bridgehead atoms. The lowest BCUT2D eigenvalue weighted by Crippen LogP contribution is -2.20. The predicted octanol–water partition coefficient (Wildman–Crippen LogP) is 5.80. The van der Waals surface area contributed by atoms with Gasteiger partial charge in [-0.05, 0) is 60.7 Å². The second-order valence-corrected chi connectivity index (χ2v) is 8.07. The van der Waals surface area contributed by atoms with Crippen molar-refractivity contribution in [3.05, 3.63) is 96.3 Å². The molecule has 0 spiro atoms. The number of benzene rings is 2. The fraction of sp³-hybridized carbons (Fsp3) is 0.259. The Morgan fingerprint density at radius 2 is 1.70 bits per heavy atom. The van der Waals surface area contributed by atoms with Crippen molar-refractivity contribution < 1.29 is 14.2 Å². The number of hydrogen-bond acceptors (Lipinski definition) is 5. The number of ether oxygens (including phenoxy) is 3. The summed E-state index contributed by atoms with van der Waals surface area (Å²) in [4.78, 5) is 4.60. The summed E-state index contributed by atoms with van der Waals surface area (Å²) in [5.74, 6) is 1.54. The van der Waals surface area contributed by atoms with E-state index in [2.05, 4.69) is 22.2 Å². The van der Waals surface area contributed by atoms with E-state index in [0.29, 0.717) is 19.0 Å². The van der Waals surface area contributed by atoms with E-state index < -0.39 is 0 Å². The van der Waals surface area contributed by atoms with Crippen LogP contribution >= 0.6 is 0 Å². The highest BCUT2D eigenvalue weighted by Gasteiger charge is 2.20. The van der Waals surface area contributed by atoms with Gasteiger partial charge in [0.2, 0.25) is 0 Å². The van der Waals surface area contributed by atoms with Gasteiger partial charge in [0.05, 0.1) is 17.6 Å². The van der Waals surface area contributed by atoms with E-state index in [1.165, 1.54) is 0 Å². The lowest BCUT2D eigenvalue weighted by atomic mass is 10.2. The zero-order valence-electron chi connectivity index (χ0n) is 18.5. The van der Waals surface area contributed by atoms with Crippen LogP contribution in [-0.2, 0) is 18.0 Å². The third-order valence-corrected chi connectivity index (χ3v) is 5.65. The first-order valence-corrected chi connectivity index (χ1v) is 11.4. The normalized spacial score (nSPS) is 15.8. The first kappa shape index (κ1) is 21.2. The van der Waals surface area contributed by atoms with Crippen LogP contribution in [0.25, 0.3) is 11.4 Å². The van der Waals surface area contributed by atoms with Gasteiger partial charge >= 0.3 is 0 Å². The van der Waals surface area contributed by atoms with Crippen LogP contribution < -0.4 is 9.47 Å². The maximum atomic E-state index is 5.96. The van der Waals surface area contributed by atoms with E-state index in [-0.39, 0.29) is 6.23 Å². The largest absolute Gasteiger partial charge is 0.489 e. The highest BCUT2D eigenvalue weighted by molar-refractivity contribution is 5.54. The summed E-state index contributed by atoms with van der Waals surface area (Å²) in [6, 6.07) is 24.0. The molecule has 6 nitrogen and oxygen atoms in total. The molecule has 1 aliphatic rings. The third-order valence-electron chi connectivity index (χ3n) is 5.65. The molecule has 1 saturated heterocycles. The Bertz CT molecular complexity index is 1150. The van der Waals surface area contributed by atoms with Crippen LogP contribution in [0.1, 0.15) is 36.6 Å². The lowest BCUT2D eigenvalue weighted by molar-refractivity contribution is -0.0384. The maximum absolute atomic E-state index is 5.96. The van der Waals surface area contributed by atoms with Crippen molar-refractivity contribution >= 4 is 0 Å². The molecule has 1 fully saturated rings. The molecule has 1 aliphatic heterocycles. The summed E-state index contributed by atoms with van der Waals surface area (Å²) in [7, 11) is 0. The molecule has 0 aliphatic carbocycles. The summed E-state index contributed by atoms with van der Waals surface area (Å²) < 4.78 is 19.7. The average molecular weight is 442 g/mol. The molecule has 5 rings (SSSR count). The Kier molecular flexibility index (Phi) is 6.63. The number of aromatic nitrogens is 3. The minimum absolute atomic E-state index is 0.0159. The minimum atomic E-state index is -0.0159. The van der Waals surface area contributed by atoms with Gasteiger partial charge in [0, 0.05) is 12.8 Å². The number of nitrogens with zero attached hydrogens (tertiary/aromatic N) is 3. The third kappa shape index (κ3) is 5.41. The van der Waals surface area contributed by atoms with Crippen LogP contribution in [0.15, 0.2) is 85.2 Å². The van der Waals surface area contributed by atoms with Gasteiger partial charge in [0.1, 0.15) is 24.7 Å². The van der Waals surface area contributed by atoms with Crippen molar-refractivity contribution in [1.29, 1.82) is 0 Å². The summed E-state index contributed by atoms with van der Waals surface area (Å²) in [5, 5.41) is 4.47. The molecular weight excluding hydrogens is 414 g/mol. The van der Waals surface area contributed by atoms with Gasteiger partial charge in [-0.3, -0.25) is 4.98 Å². The molecule has 4 aromatic rings. The van der Waals surface area contributed by atoms with Crippen molar-refractivity contribution in [1.82, 2.24) is 14.8 Å². The molecule has 0 N–H and O–H groups in total. The molecule has 33 heavy (non-hydrogen) atoms. The highest BCUT2D eigenvalue weighted by Crippen LogP contribution is 2.28. The van der Waals surface area contributed by atoms with Gasteiger partial charge in [-0.2, -0.15) is 5.10 Å². The maximum Gasteiger partial charge on any atom is 0.150 e. The molecule has 2 aromatic heterocycles. The smallest absolute Gasteiger partial charge is 0.150 e. The van der Waals surface area contributed by atoms with E-state index >= 15 is 0 Å². The fourth-order valence-corrected chi connectivity index (χ4v) is 3.91. The monoisotopic (exact) mass is 441 g/mol. The molecule has 0 radical (unpaired) electrons. The molecule has 0 saturated carbocycles. The second-order valence-electron chi connectivity index (χ2n) is 8.07. The van der Waals surface area contributed by atoms with Gasteiger partial charge in [0.15, 0.2) is 6.23 Å². The molecule has 1 unspecified atom stereocenters. The van der Waals surface area contributed by atoms with Crippen molar-refractivity contribution in [3.63, 3.8) is 0 Å². The Labute approximate surface area is 193 Å². The van der Waals surface area contributed by atoms with E-state index in [0.717, 1.165) is 54.1 Å². The van der Waals surface area contributed by atoms with Crippen LogP contribution in [0.3, 0.4) is 0 Å². The summed E-state index contributed by atoms with van der Waals surface area (Å²) >= 11 is 0. The first-order valence-electron chi connectivity index (χ1n) is 11.4. The van der Waals surface area contributed by atoms with Gasteiger partial charge < -0.3 is 14.2 Å². The lowest BCUT2D eigenvalue weighted by Gasteiger charge is -2.24. The van der Waals surface area contributed by atoms with Gasteiger partial charge in [-0.15, -0.1) is 0 Å². The fourth-order valence-electron chi connectivity index (χ4n) is 3.91. The second kappa shape index (κ2) is 10.3. The number of rotatable bonds is 8. The predicted molar refractivity (Wildman–Crippen MR) is 126 cm³/mol. The van der Waals surface area contributed by atoms with Crippen molar-refractivity contribution in [2.24, 2.45) is 0 Å². The first-order chi connectivity index (χ1) is 16.3. The molecule has 168 valence electrons. The van der Waals surface area contributed by atoms with Crippen molar-refractivity contribution in [3.8, 4) is 22.9 Å². The molecule has 6 heteroatoms. The molecule has 1 atom stereocenters. The zero-order valence-corrected chi connectivity index (χ0v) is 18.5. The Hall–Kier alpha value is -3.64. The highest BCUT2D eigenvalue weighted by atomic mass is 16.5. The van der Waals surface area contributed by atoms with Crippen LogP contribution in [0.2, 0.25) is 0 Å². The Morgan fingerprint density at radius 3 is 2.52 bits per heavy atom. The summed E-state index contributed by atoms with van der Waals surface area (Å²) in [6.07, 6.45) is 6.78.